The number of likely N-dealkylation sites (N-methyl/N-ethyl adjacent to an activating group) is 1. The van der Waals surface area contributed by atoms with Crippen LogP contribution in [0.25, 0.3) is 0 Å². The van der Waals surface area contributed by atoms with E-state index in [0.29, 0.717) is 16.7 Å². The monoisotopic (exact) mass is 287 g/mol. The first kappa shape index (κ1) is 12.9. The molecule has 0 atom stereocenters. The van der Waals surface area contributed by atoms with Gasteiger partial charge in [-0.25, -0.2) is 0 Å². The van der Waals surface area contributed by atoms with Crippen molar-refractivity contribution in [2.24, 2.45) is 0 Å². The fraction of sp³-hybridized carbons (Fsp3) is 0.400. The number of benzene rings is 1. The number of nitro groups is 1. The van der Waals surface area contributed by atoms with Gasteiger partial charge in [0.15, 0.2) is 0 Å². The lowest BCUT2D eigenvalue weighted by atomic mass is 10.2. The number of nitro benzene ring substituents is 1. The van der Waals surface area contributed by atoms with Crippen molar-refractivity contribution in [3.63, 3.8) is 0 Å². The minimum absolute atomic E-state index is 0.0888. The number of nitrogens with one attached hydrogen (secondary N) is 2. The molecule has 1 aromatic carbocycles. The van der Waals surface area contributed by atoms with Crippen molar-refractivity contribution >= 4 is 27.3 Å². The van der Waals surface area contributed by atoms with Crippen molar-refractivity contribution in [1.82, 2.24) is 5.32 Å². The van der Waals surface area contributed by atoms with Gasteiger partial charge in [0.1, 0.15) is 5.69 Å². The van der Waals surface area contributed by atoms with Crippen LogP contribution in [0.4, 0.5) is 11.4 Å². The summed E-state index contributed by atoms with van der Waals surface area (Å²) in [5.41, 5.74) is 0.636. The van der Waals surface area contributed by atoms with Crippen LogP contribution in [0.15, 0.2) is 22.7 Å². The Hall–Kier alpha value is -1.14. The van der Waals surface area contributed by atoms with Crippen molar-refractivity contribution in [1.29, 1.82) is 0 Å². The smallest absolute Gasteiger partial charge is 0.293 e. The molecule has 0 spiro atoms. The Morgan fingerprint density at radius 1 is 1.44 bits per heavy atom. The van der Waals surface area contributed by atoms with Crippen LogP contribution in [0.5, 0.6) is 0 Å². The van der Waals surface area contributed by atoms with Crippen LogP contribution in [0.1, 0.15) is 6.92 Å². The fourth-order valence-corrected chi connectivity index (χ4v) is 1.62. The van der Waals surface area contributed by atoms with E-state index >= 15 is 0 Å². The molecule has 0 fully saturated rings. The maximum atomic E-state index is 10.8. The zero-order valence-electron chi connectivity index (χ0n) is 9.00. The Balaban J connectivity index is 2.67. The second-order valence-corrected chi connectivity index (χ2v) is 4.11. The van der Waals surface area contributed by atoms with Crippen molar-refractivity contribution in [3.05, 3.63) is 32.8 Å². The van der Waals surface area contributed by atoms with E-state index in [0.717, 1.165) is 13.1 Å². The lowest BCUT2D eigenvalue weighted by Gasteiger charge is -2.07. The summed E-state index contributed by atoms with van der Waals surface area (Å²) >= 11 is 3.21. The van der Waals surface area contributed by atoms with E-state index in [4.69, 9.17) is 0 Å². The first-order valence-corrected chi connectivity index (χ1v) is 5.83. The number of halogens is 1. The van der Waals surface area contributed by atoms with E-state index in [1.807, 2.05) is 6.92 Å². The van der Waals surface area contributed by atoms with E-state index in [2.05, 4.69) is 26.6 Å². The van der Waals surface area contributed by atoms with Gasteiger partial charge in [0.2, 0.25) is 0 Å². The molecule has 6 heteroatoms. The van der Waals surface area contributed by atoms with Gasteiger partial charge in [0.05, 0.1) is 4.92 Å². The van der Waals surface area contributed by atoms with Crippen molar-refractivity contribution in [3.8, 4) is 0 Å². The van der Waals surface area contributed by atoms with Crippen LogP contribution in [0.3, 0.4) is 0 Å². The molecule has 0 saturated heterocycles. The summed E-state index contributed by atoms with van der Waals surface area (Å²) in [6.45, 7) is 4.35. The summed E-state index contributed by atoms with van der Waals surface area (Å²) < 4.78 is 0.705. The maximum absolute atomic E-state index is 10.8. The third kappa shape index (κ3) is 3.79. The molecule has 0 aromatic heterocycles. The predicted octanol–water partition coefficient (Wildman–Crippen LogP) is 2.38. The highest BCUT2D eigenvalue weighted by Crippen LogP contribution is 2.27. The normalized spacial score (nSPS) is 10.1. The number of hydrogen-bond acceptors (Lipinski definition) is 4. The zero-order chi connectivity index (χ0) is 12.0. The SMILES string of the molecule is CCNCCNc1ccc(Br)cc1[N+](=O)[O-]. The molecule has 0 heterocycles. The van der Waals surface area contributed by atoms with Gasteiger partial charge < -0.3 is 10.6 Å². The second-order valence-electron chi connectivity index (χ2n) is 3.20. The van der Waals surface area contributed by atoms with Crippen LogP contribution >= 0.6 is 15.9 Å². The Kier molecular flexibility index (Phi) is 5.21. The van der Waals surface area contributed by atoms with Gasteiger partial charge in [-0.15, -0.1) is 0 Å². The third-order valence-corrected chi connectivity index (χ3v) is 2.52. The van der Waals surface area contributed by atoms with Gasteiger partial charge in [-0.3, -0.25) is 10.1 Å². The standard InChI is InChI=1S/C10H14BrN3O2/c1-2-12-5-6-13-9-4-3-8(11)7-10(9)14(15)16/h3-4,7,12-13H,2,5-6H2,1H3. The molecule has 16 heavy (non-hydrogen) atoms. The molecule has 88 valence electrons. The van der Waals surface area contributed by atoms with E-state index in [1.54, 1.807) is 12.1 Å². The number of anilines is 1. The largest absolute Gasteiger partial charge is 0.378 e. The van der Waals surface area contributed by atoms with Crippen LogP contribution in [0.2, 0.25) is 0 Å². The zero-order valence-corrected chi connectivity index (χ0v) is 10.6. The Morgan fingerprint density at radius 2 is 2.19 bits per heavy atom. The van der Waals surface area contributed by atoms with Gasteiger partial charge in [-0.2, -0.15) is 0 Å². The van der Waals surface area contributed by atoms with Gasteiger partial charge in [0.25, 0.3) is 5.69 Å². The van der Waals surface area contributed by atoms with Crippen LogP contribution in [-0.4, -0.2) is 24.6 Å². The van der Waals surface area contributed by atoms with Crippen molar-refractivity contribution in [2.45, 2.75) is 6.92 Å². The second kappa shape index (κ2) is 6.44. The van der Waals surface area contributed by atoms with E-state index in [9.17, 15) is 10.1 Å². The predicted molar refractivity (Wildman–Crippen MR) is 67.8 cm³/mol. The quantitative estimate of drug-likeness (QED) is 0.479. The molecular formula is C10H14BrN3O2. The number of rotatable bonds is 6. The molecule has 0 radical (unpaired) electrons. The van der Waals surface area contributed by atoms with Gasteiger partial charge in [-0.1, -0.05) is 22.9 Å². The Labute approximate surface area is 103 Å². The summed E-state index contributed by atoms with van der Waals surface area (Å²) in [4.78, 5) is 10.4. The highest BCUT2D eigenvalue weighted by Gasteiger charge is 2.13. The van der Waals surface area contributed by atoms with Crippen LogP contribution in [-0.2, 0) is 0 Å². The summed E-state index contributed by atoms with van der Waals surface area (Å²) in [5, 5.41) is 17.0. The van der Waals surface area contributed by atoms with Crippen LogP contribution < -0.4 is 10.6 Å². The molecular weight excluding hydrogens is 274 g/mol. The third-order valence-electron chi connectivity index (χ3n) is 2.02. The van der Waals surface area contributed by atoms with Gasteiger partial charge in [0, 0.05) is 23.6 Å². The molecule has 0 aliphatic heterocycles. The summed E-state index contributed by atoms with van der Waals surface area (Å²) in [6, 6.07) is 4.98. The minimum Gasteiger partial charge on any atom is -0.378 e. The van der Waals surface area contributed by atoms with Gasteiger partial charge in [-0.05, 0) is 18.7 Å². The lowest BCUT2D eigenvalue weighted by Crippen LogP contribution is -2.21. The molecule has 5 nitrogen and oxygen atoms in total. The van der Waals surface area contributed by atoms with E-state index < -0.39 is 0 Å². The molecule has 0 bridgehead atoms. The van der Waals surface area contributed by atoms with Crippen molar-refractivity contribution in [2.75, 3.05) is 25.0 Å². The fourth-order valence-electron chi connectivity index (χ4n) is 1.27. The highest BCUT2D eigenvalue weighted by atomic mass is 79.9. The van der Waals surface area contributed by atoms with Gasteiger partial charge >= 0.3 is 0 Å². The lowest BCUT2D eigenvalue weighted by molar-refractivity contribution is -0.384. The summed E-state index contributed by atoms with van der Waals surface area (Å²) in [5.74, 6) is 0. The number of hydrogen-bond donors (Lipinski definition) is 2. The van der Waals surface area contributed by atoms with Crippen LogP contribution in [0, 0.1) is 10.1 Å². The molecule has 0 aliphatic rings. The average Bonchev–Trinajstić information content (AvgIpc) is 2.26. The maximum Gasteiger partial charge on any atom is 0.293 e. The molecule has 0 saturated carbocycles. The van der Waals surface area contributed by atoms with E-state index in [-0.39, 0.29) is 10.6 Å². The summed E-state index contributed by atoms with van der Waals surface area (Å²) in [6.07, 6.45) is 0. The Bertz CT molecular complexity index is 371. The Morgan fingerprint density at radius 3 is 2.81 bits per heavy atom. The molecule has 0 unspecified atom stereocenters. The summed E-state index contributed by atoms with van der Waals surface area (Å²) in [7, 11) is 0. The minimum atomic E-state index is -0.389. The first-order chi connectivity index (χ1) is 7.65. The average molecular weight is 288 g/mol. The topological polar surface area (TPSA) is 67.2 Å². The molecule has 0 amide bonds. The highest BCUT2D eigenvalue weighted by molar-refractivity contribution is 9.10. The molecule has 2 N–H and O–H groups in total. The molecule has 1 aromatic rings. The molecule has 1 rings (SSSR count). The van der Waals surface area contributed by atoms with E-state index in [1.165, 1.54) is 6.07 Å². The van der Waals surface area contributed by atoms with Crippen molar-refractivity contribution < 1.29 is 4.92 Å². The number of nitrogens with zero attached hydrogens (tertiary/aromatic N) is 1. The molecule has 0 aliphatic carbocycles. The first-order valence-electron chi connectivity index (χ1n) is 5.03.